The summed E-state index contributed by atoms with van der Waals surface area (Å²) in [6.07, 6.45) is 14.5. The molecule has 0 saturated heterocycles. The van der Waals surface area contributed by atoms with Gasteiger partial charge in [0.15, 0.2) is 0 Å². The van der Waals surface area contributed by atoms with E-state index < -0.39 is 0 Å². The SMILES string of the molecule is N#CCSC1CCCC(C2CCCCCC2)C1. The Morgan fingerprint density at radius 2 is 1.59 bits per heavy atom. The molecule has 0 aromatic carbocycles. The highest BCUT2D eigenvalue weighted by Crippen LogP contribution is 2.40. The number of thioether (sulfide) groups is 1. The third kappa shape index (κ3) is 4.21. The van der Waals surface area contributed by atoms with E-state index in [-0.39, 0.29) is 0 Å². The molecule has 2 unspecified atom stereocenters. The summed E-state index contributed by atoms with van der Waals surface area (Å²) in [5.41, 5.74) is 0. The Kier molecular flexibility index (Phi) is 5.71. The van der Waals surface area contributed by atoms with Crippen molar-refractivity contribution in [2.45, 2.75) is 69.5 Å². The first-order chi connectivity index (χ1) is 8.40. The van der Waals surface area contributed by atoms with Crippen molar-refractivity contribution in [2.24, 2.45) is 11.8 Å². The third-order valence-electron chi connectivity index (χ3n) is 4.62. The summed E-state index contributed by atoms with van der Waals surface area (Å²) in [4.78, 5) is 0. The fourth-order valence-electron chi connectivity index (χ4n) is 3.70. The molecule has 0 spiro atoms. The molecule has 0 aromatic heterocycles. The average Bonchev–Trinajstić information content (AvgIpc) is 2.65. The Balaban J connectivity index is 1.81. The van der Waals surface area contributed by atoms with E-state index in [4.69, 9.17) is 5.26 Å². The van der Waals surface area contributed by atoms with Gasteiger partial charge >= 0.3 is 0 Å². The van der Waals surface area contributed by atoms with Gasteiger partial charge in [-0.3, -0.25) is 0 Å². The van der Waals surface area contributed by atoms with Crippen molar-refractivity contribution in [3.8, 4) is 6.07 Å². The van der Waals surface area contributed by atoms with Crippen LogP contribution in [0.25, 0.3) is 0 Å². The number of rotatable bonds is 3. The molecule has 2 saturated carbocycles. The monoisotopic (exact) mass is 251 g/mol. The van der Waals surface area contributed by atoms with Crippen LogP contribution in [0.2, 0.25) is 0 Å². The van der Waals surface area contributed by atoms with Crippen LogP contribution in [0.4, 0.5) is 0 Å². The normalized spacial score (nSPS) is 31.7. The van der Waals surface area contributed by atoms with E-state index in [1.54, 1.807) is 0 Å². The Bertz CT molecular complexity index is 250. The van der Waals surface area contributed by atoms with Crippen molar-refractivity contribution >= 4 is 11.8 Å². The van der Waals surface area contributed by atoms with Gasteiger partial charge in [-0.05, 0) is 24.7 Å². The lowest BCUT2D eigenvalue weighted by Gasteiger charge is -2.33. The second-order valence-electron chi connectivity index (χ2n) is 5.77. The zero-order valence-corrected chi connectivity index (χ0v) is 11.7. The first kappa shape index (κ1) is 13.3. The van der Waals surface area contributed by atoms with Crippen LogP contribution in [0.1, 0.15) is 64.2 Å². The van der Waals surface area contributed by atoms with Gasteiger partial charge < -0.3 is 0 Å². The van der Waals surface area contributed by atoms with E-state index in [1.165, 1.54) is 64.2 Å². The van der Waals surface area contributed by atoms with Crippen molar-refractivity contribution in [2.75, 3.05) is 5.75 Å². The maximum absolute atomic E-state index is 8.68. The summed E-state index contributed by atoms with van der Waals surface area (Å²) in [6, 6.07) is 2.28. The van der Waals surface area contributed by atoms with Crippen molar-refractivity contribution in [1.82, 2.24) is 0 Å². The van der Waals surface area contributed by atoms with Crippen LogP contribution in [0.3, 0.4) is 0 Å². The predicted molar refractivity (Wildman–Crippen MR) is 75.0 cm³/mol. The predicted octanol–water partition coefficient (Wildman–Crippen LogP) is 4.77. The molecule has 2 aliphatic rings. The minimum atomic E-state index is 0.696. The summed E-state index contributed by atoms with van der Waals surface area (Å²) >= 11 is 1.91. The largest absolute Gasteiger partial charge is 0.197 e. The van der Waals surface area contributed by atoms with Gasteiger partial charge in [0.05, 0.1) is 11.8 Å². The Labute approximate surface area is 110 Å². The van der Waals surface area contributed by atoms with Gasteiger partial charge in [0.25, 0.3) is 0 Å². The highest BCUT2D eigenvalue weighted by atomic mass is 32.2. The van der Waals surface area contributed by atoms with E-state index in [2.05, 4.69) is 6.07 Å². The van der Waals surface area contributed by atoms with E-state index in [0.29, 0.717) is 5.75 Å². The van der Waals surface area contributed by atoms with E-state index in [0.717, 1.165) is 17.1 Å². The maximum Gasteiger partial charge on any atom is 0.0810 e. The molecule has 2 atom stereocenters. The van der Waals surface area contributed by atoms with E-state index >= 15 is 0 Å². The number of hydrogen-bond acceptors (Lipinski definition) is 2. The smallest absolute Gasteiger partial charge is 0.0810 e. The Hall–Kier alpha value is -0.160. The molecule has 2 heteroatoms. The fraction of sp³-hybridized carbons (Fsp3) is 0.933. The molecule has 0 heterocycles. The topological polar surface area (TPSA) is 23.8 Å². The van der Waals surface area contributed by atoms with Gasteiger partial charge in [-0.25, -0.2) is 0 Å². The first-order valence-corrected chi connectivity index (χ1v) is 8.43. The van der Waals surface area contributed by atoms with Gasteiger partial charge in [-0.2, -0.15) is 5.26 Å². The van der Waals surface area contributed by atoms with Crippen LogP contribution in [0.15, 0.2) is 0 Å². The van der Waals surface area contributed by atoms with Crippen LogP contribution < -0.4 is 0 Å². The minimum Gasteiger partial charge on any atom is -0.197 e. The van der Waals surface area contributed by atoms with Crippen LogP contribution in [-0.2, 0) is 0 Å². The second-order valence-corrected chi connectivity index (χ2v) is 7.06. The zero-order chi connectivity index (χ0) is 11.9. The summed E-state index contributed by atoms with van der Waals surface area (Å²) in [5, 5.41) is 9.47. The molecule has 0 bridgehead atoms. The van der Waals surface area contributed by atoms with Gasteiger partial charge in [0, 0.05) is 5.25 Å². The van der Waals surface area contributed by atoms with Gasteiger partial charge in [-0.1, -0.05) is 51.4 Å². The number of nitriles is 1. The Morgan fingerprint density at radius 1 is 0.882 bits per heavy atom. The quantitative estimate of drug-likeness (QED) is 0.674. The van der Waals surface area contributed by atoms with Gasteiger partial charge in [-0.15, -0.1) is 11.8 Å². The molecular formula is C15H25NS. The Morgan fingerprint density at radius 3 is 2.29 bits per heavy atom. The van der Waals surface area contributed by atoms with Crippen molar-refractivity contribution in [1.29, 1.82) is 5.26 Å². The molecule has 0 radical (unpaired) electrons. The lowest BCUT2D eigenvalue weighted by atomic mass is 9.76. The summed E-state index contributed by atoms with van der Waals surface area (Å²) in [6.45, 7) is 0. The van der Waals surface area contributed by atoms with Crippen LogP contribution in [0.5, 0.6) is 0 Å². The van der Waals surface area contributed by atoms with Gasteiger partial charge in [0.2, 0.25) is 0 Å². The standard InChI is InChI=1S/C15H25NS/c16-10-11-17-15-9-5-8-14(12-15)13-6-3-1-2-4-7-13/h13-15H,1-9,11-12H2. The molecular weight excluding hydrogens is 226 g/mol. The fourth-order valence-corrected chi connectivity index (χ4v) is 4.72. The lowest BCUT2D eigenvalue weighted by Crippen LogP contribution is -2.24. The summed E-state index contributed by atoms with van der Waals surface area (Å²) < 4.78 is 0. The van der Waals surface area contributed by atoms with Gasteiger partial charge in [0.1, 0.15) is 0 Å². The average molecular weight is 251 g/mol. The van der Waals surface area contributed by atoms with Crippen molar-refractivity contribution in [3.63, 3.8) is 0 Å². The van der Waals surface area contributed by atoms with E-state index in [9.17, 15) is 0 Å². The van der Waals surface area contributed by atoms with E-state index in [1.807, 2.05) is 11.8 Å². The molecule has 0 aromatic rings. The summed E-state index contributed by atoms with van der Waals surface area (Å²) in [7, 11) is 0. The molecule has 96 valence electrons. The molecule has 2 rings (SSSR count). The molecule has 17 heavy (non-hydrogen) atoms. The molecule has 2 aliphatic carbocycles. The van der Waals surface area contributed by atoms with Crippen LogP contribution in [0, 0.1) is 23.2 Å². The second kappa shape index (κ2) is 7.31. The maximum atomic E-state index is 8.68. The minimum absolute atomic E-state index is 0.696. The van der Waals surface area contributed by atoms with Crippen LogP contribution >= 0.6 is 11.8 Å². The number of nitrogens with zero attached hydrogens (tertiary/aromatic N) is 1. The highest BCUT2D eigenvalue weighted by Gasteiger charge is 2.28. The zero-order valence-electron chi connectivity index (χ0n) is 10.9. The molecule has 1 nitrogen and oxygen atoms in total. The van der Waals surface area contributed by atoms with Crippen molar-refractivity contribution in [3.05, 3.63) is 0 Å². The third-order valence-corrected chi connectivity index (χ3v) is 5.81. The molecule has 0 N–H and O–H groups in total. The molecule has 2 fully saturated rings. The molecule has 0 amide bonds. The molecule has 0 aliphatic heterocycles. The van der Waals surface area contributed by atoms with Crippen molar-refractivity contribution < 1.29 is 0 Å². The lowest BCUT2D eigenvalue weighted by molar-refractivity contribution is 0.231. The highest BCUT2D eigenvalue weighted by molar-refractivity contribution is 8.00. The first-order valence-electron chi connectivity index (χ1n) is 7.38. The van der Waals surface area contributed by atoms with Crippen LogP contribution in [-0.4, -0.2) is 11.0 Å². The number of hydrogen-bond donors (Lipinski definition) is 0. The summed E-state index contributed by atoms with van der Waals surface area (Å²) in [5.74, 6) is 2.70.